The summed E-state index contributed by atoms with van der Waals surface area (Å²) in [4.78, 5) is 0. The lowest BCUT2D eigenvalue weighted by Crippen LogP contribution is -2.08. The lowest BCUT2D eigenvalue weighted by atomic mass is 10.1. The van der Waals surface area contributed by atoms with Crippen LogP contribution in [0.5, 0.6) is 0 Å². The van der Waals surface area contributed by atoms with E-state index in [9.17, 15) is 0 Å². The number of ether oxygens (including phenoxy) is 1. The number of hydrogen-bond donors (Lipinski definition) is 0. The average molecular weight is 227 g/mol. The molecule has 1 atom stereocenters. The molecule has 0 aliphatic heterocycles. The number of rotatable bonds is 6. The van der Waals surface area contributed by atoms with E-state index in [1.165, 1.54) is 11.1 Å². The topological polar surface area (TPSA) is 9.23 Å². The molecule has 84 valence electrons. The van der Waals surface area contributed by atoms with Crippen molar-refractivity contribution in [3.63, 3.8) is 0 Å². The highest BCUT2D eigenvalue weighted by atomic mass is 35.5. The third-order valence-corrected chi connectivity index (χ3v) is 2.87. The van der Waals surface area contributed by atoms with Crippen LogP contribution in [0.15, 0.2) is 24.3 Å². The van der Waals surface area contributed by atoms with Gasteiger partial charge < -0.3 is 4.74 Å². The number of hydrogen-bond acceptors (Lipinski definition) is 1. The van der Waals surface area contributed by atoms with Crippen LogP contribution in [-0.2, 0) is 17.6 Å². The van der Waals surface area contributed by atoms with Gasteiger partial charge in [0.15, 0.2) is 0 Å². The van der Waals surface area contributed by atoms with Crippen LogP contribution in [-0.4, -0.2) is 19.1 Å². The molecule has 0 N–H and O–H groups in total. The first-order chi connectivity index (χ1) is 7.26. The molecule has 0 bridgehead atoms. The maximum absolute atomic E-state index is 6.06. The summed E-state index contributed by atoms with van der Waals surface area (Å²) < 4.78 is 5.00. The number of halogens is 1. The molecule has 0 saturated heterocycles. The maximum Gasteiger partial charge on any atom is 0.0626 e. The molecular formula is C13H19ClO. The van der Waals surface area contributed by atoms with Crippen LogP contribution in [0.3, 0.4) is 0 Å². The Morgan fingerprint density at radius 1 is 1.20 bits per heavy atom. The largest absolute Gasteiger partial charge is 0.383 e. The van der Waals surface area contributed by atoms with E-state index >= 15 is 0 Å². The molecule has 0 aliphatic carbocycles. The predicted octanol–water partition coefficient (Wildman–Crippen LogP) is 3.44. The number of alkyl halides is 1. The zero-order valence-corrected chi connectivity index (χ0v) is 10.3. The van der Waals surface area contributed by atoms with Crippen molar-refractivity contribution in [2.24, 2.45) is 0 Å². The summed E-state index contributed by atoms with van der Waals surface area (Å²) in [6.45, 7) is 2.80. The van der Waals surface area contributed by atoms with Crippen LogP contribution < -0.4 is 0 Å². The van der Waals surface area contributed by atoms with Gasteiger partial charge in [0.1, 0.15) is 0 Å². The van der Waals surface area contributed by atoms with Crippen molar-refractivity contribution in [2.45, 2.75) is 31.6 Å². The molecule has 15 heavy (non-hydrogen) atoms. The second-order valence-electron chi connectivity index (χ2n) is 3.76. The molecule has 0 saturated carbocycles. The third kappa shape index (κ3) is 4.67. The monoisotopic (exact) mass is 226 g/mol. The van der Waals surface area contributed by atoms with E-state index in [0.29, 0.717) is 6.61 Å². The van der Waals surface area contributed by atoms with Crippen LogP contribution in [0.25, 0.3) is 0 Å². The van der Waals surface area contributed by atoms with Gasteiger partial charge in [0.25, 0.3) is 0 Å². The minimum Gasteiger partial charge on any atom is -0.383 e. The van der Waals surface area contributed by atoms with Crippen molar-refractivity contribution in [1.29, 1.82) is 0 Å². The van der Waals surface area contributed by atoms with Crippen LogP contribution >= 0.6 is 11.6 Å². The summed E-state index contributed by atoms with van der Waals surface area (Å²) in [5.41, 5.74) is 2.74. The molecule has 1 nitrogen and oxygen atoms in total. The van der Waals surface area contributed by atoms with E-state index in [1.54, 1.807) is 7.11 Å². The summed E-state index contributed by atoms with van der Waals surface area (Å²) in [5.74, 6) is 0. The van der Waals surface area contributed by atoms with Gasteiger partial charge in [-0.15, -0.1) is 11.6 Å². The van der Waals surface area contributed by atoms with Gasteiger partial charge in [0, 0.05) is 7.11 Å². The first kappa shape index (κ1) is 12.5. The molecule has 1 unspecified atom stereocenters. The van der Waals surface area contributed by atoms with Gasteiger partial charge in [-0.3, -0.25) is 0 Å². The molecule has 0 amide bonds. The molecule has 0 heterocycles. The molecular weight excluding hydrogens is 208 g/mol. The standard InChI is InChI=1S/C13H19ClO/c1-3-11-4-6-12(7-5-11)8-9-13(14)10-15-2/h4-7,13H,3,8-10H2,1-2H3. The Morgan fingerprint density at radius 2 is 1.80 bits per heavy atom. The fourth-order valence-electron chi connectivity index (χ4n) is 1.53. The van der Waals surface area contributed by atoms with E-state index in [-0.39, 0.29) is 5.38 Å². The van der Waals surface area contributed by atoms with Crippen molar-refractivity contribution >= 4 is 11.6 Å². The van der Waals surface area contributed by atoms with Crippen LogP contribution in [0.4, 0.5) is 0 Å². The maximum atomic E-state index is 6.06. The highest BCUT2D eigenvalue weighted by Crippen LogP contribution is 2.11. The van der Waals surface area contributed by atoms with Crippen LogP contribution in [0, 0.1) is 0 Å². The van der Waals surface area contributed by atoms with Gasteiger partial charge >= 0.3 is 0 Å². The molecule has 1 rings (SSSR count). The van der Waals surface area contributed by atoms with E-state index in [0.717, 1.165) is 19.3 Å². The Labute approximate surface area is 97.4 Å². The Bertz CT molecular complexity index is 268. The minimum absolute atomic E-state index is 0.126. The molecule has 0 aliphatic rings. The average Bonchev–Trinajstić information content (AvgIpc) is 2.27. The van der Waals surface area contributed by atoms with Crippen molar-refractivity contribution in [3.8, 4) is 0 Å². The second-order valence-corrected chi connectivity index (χ2v) is 4.38. The quantitative estimate of drug-likeness (QED) is 0.676. The van der Waals surface area contributed by atoms with Gasteiger partial charge in [-0.2, -0.15) is 0 Å². The molecule has 1 aromatic rings. The minimum atomic E-state index is 0.126. The van der Waals surface area contributed by atoms with Crippen molar-refractivity contribution in [3.05, 3.63) is 35.4 Å². The Balaban J connectivity index is 2.37. The summed E-state index contributed by atoms with van der Waals surface area (Å²) in [6.07, 6.45) is 3.10. The zero-order valence-electron chi connectivity index (χ0n) is 9.50. The van der Waals surface area contributed by atoms with Gasteiger partial charge in [0.2, 0.25) is 0 Å². The zero-order chi connectivity index (χ0) is 11.1. The fourth-order valence-corrected chi connectivity index (χ4v) is 1.76. The smallest absolute Gasteiger partial charge is 0.0626 e. The molecule has 0 aromatic heterocycles. The Morgan fingerprint density at radius 3 is 2.33 bits per heavy atom. The molecule has 2 heteroatoms. The van der Waals surface area contributed by atoms with Crippen molar-refractivity contribution in [1.82, 2.24) is 0 Å². The summed E-state index contributed by atoms with van der Waals surface area (Å²) in [6, 6.07) is 8.76. The molecule has 0 spiro atoms. The number of methoxy groups -OCH3 is 1. The summed E-state index contributed by atoms with van der Waals surface area (Å²) in [5, 5.41) is 0.126. The summed E-state index contributed by atoms with van der Waals surface area (Å²) >= 11 is 6.06. The molecule has 0 fully saturated rings. The first-order valence-corrected chi connectivity index (χ1v) is 5.90. The van der Waals surface area contributed by atoms with Crippen molar-refractivity contribution < 1.29 is 4.74 Å². The van der Waals surface area contributed by atoms with E-state index < -0.39 is 0 Å². The fraction of sp³-hybridized carbons (Fsp3) is 0.538. The van der Waals surface area contributed by atoms with E-state index in [2.05, 4.69) is 31.2 Å². The van der Waals surface area contributed by atoms with Gasteiger partial charge in [-0.05, 0) is 30.4 Å². The lowest BCUT2D eigenvalue weighted by Gasteiger charge is -2.08. The van der Waals surface area contributed by atoms with Gasteiger partial charge in [0.05, 0.1) is 12.0 Å². The van der Waals surface area contributed by atoms with E-state index in [4.69, 9.17) is 16.3 Å². The lowest BCUT2D eigenvalue weighted by molar-refractivity contribution is 0.195. The van der Waals surface area contributed by atoms with Crippen LogP contribution in [0.1, 0.15) is 24.5 Å². The number of aryl methyl sites for hydroxylation is 2. The predicted molar refractivity (Wildman–Crippen MR) is 65.7 cm³/mol. The SMILES string of the molecule is CCc1ccc(CCC(Cl)COC)cc1. The van der Waals surface area contributed by atoms with Gasteiger partial charge in [-0.1, -0.05) is 31.2 Å². The van der Waals surface area contributed by atoms with Crippen LogP contribution in [0.2, 0.25) is 0 Å². The first-order valence-electron chi connectivity index (χ1n) is 5.47. The molecule has 0 radical (unpaired) electrons. The Hall–Kier alpha value is -0.530. The van der Waals surface area contributed by atoms with E-state index in [1.807, 2.05) is 0 Å². The third-order valence-electron chi connectivity index (χ3n) is 2.52. The highest BCUT2D eigenvalue weighted by Gasteiger charge is 2.03. The molecule has 1 aromatic carbocycles. The highest BCUT2D eigenvalue weighted by molar-refractivity contribution is 6.20. The number of benzene rings is 1. The summed E-state index contributed by atoms with van der Waals surface area (Å²) in [7, 11) is 1.69. The van der Waals surface area contributed by atoms with Gasteiger partial charge in [-0.25, -0.2) is 0 Å². The second kappa shape index (κ2) is 6.86. The normalized spacial score (nSPS) is 12.7. The Kier molecular flexibility index (Phi) is 5.74. The van der Waals surface area contributed by atoms with Crippen molar-refractivity contribution in [2.75, 3.05) is 13.7 Å².